The lowest BCUT2D eigenvalue weighted by Crippen LogP contribution is -2.34. The first kappa shape index (κ1) is 25.4. The number of benzene rings is 3. The number of hydrogen-bond acceptors (Lipinski definition) is 2. The van der Waals surface area contributed by atoms with Gasteiger partial charge >= 0.3 is 6.18 Å². The van der Waals surface area contributed by atoms with Crippen molar-refractivity contribution in [3.63, 3.8) is 0 Å². The first-order valence-electron chi connectivity index (χ1n) is 11.8. The SMILES string of the molecule is CC(C)(C)c1ccc(CN(CCOc2cccc(C(F)(F)F)c2)C(=O)c2cccc3cc[nH]c23)cc1. The number of fused-ring (bicyclic) bond motifs is 1. The van der Waals surface area contributed by atoms with Gasteiger partial charge in [0.15, 0.2) is 0 Å². The number of halogens is 3. The number of nitrogens with one attached hydrogen (secondary N) is 1. The Labute approximate surface area is 208 Å². The zero-order chi connectivity index (χ0) is 25.9. The van der Waals surface area contributed by atoms with Gasteiger partial charge < -0.3 is 14.6 Å². The van der Waals surface area contributed by atoms with E-state index in [1.165, 1.54) is 17.7 Å². The zero-order valence-corrected chi connectivity index (χ0v) is 20.5. The summed E-state index contributed by atoms with van der Waals surface area (Å²) >= 11 is 0. The van der Waals surface area contributed by atoms with Crippen LogP contribution < -0.4 is 4.74 Å². The van der Waals surface area contributed by atoms with Crippen LogP contribution in [0.3, 0.4) is 0 Å². The Balaban J connectivity index is 1.55. The number of H-pyrrole nitrogens is 1. The number of carbonyl (C=O) groups excluding carboxylic acids is 1. The fourth-order valence-electron chi connectivity index (χ4n) is 4.05. The van der Waals surface area contributed by atoms with Gasteiger partial charge in [-0.25, -0.2) is 0 Å². The highest BCUT2D eigenvalue weighted by atomic mass is 19.4. The number of carbonyl (C=O) groups is 1. The summed E-state index contributed by atoms with van der Waals surface area (Å²) in [5, 5.41) is 0.926. The predicted octanol–water partition coefficient (Wildman–Crippen LogP) is 7.21. The van der Waals surface area contributed by atoms with Gasteiger partial charge in [0.25, 0.3) is 5.91 Å². The van der Waals surface area contributed by atoms with E-state index in [-0.39, 0.29) is 30.2 Å². The van der Waals surface area contributed by atoms with Gasteiger partial charge in [-0.2, -0.15) is 13.2 Å². The molecule has 4 rings (SSSR count). The summed E-state index contributed by atoms with van der Waals surface area (Å²) in [6.45, 7) is 7.01. The Morgan fingerprint density at radius 1 is 0.917 bits per heavy atom. The number of hydrogen-bond donors (Lipinski definition) is 1. The van der Waals surface area contributed by atoms with Crippen LogP contribution in [0.2, 0.25) is 0 Å². The molecule has 0 aliphatic heterocycles. The summed E-state index contributed by atoms with van der Waals surface area (Å²) in [5.74, 6) is -0.0752. The number of alkyl halides is 3. The van der Waals surface area contributed by atoms with Gasteiger partial charge in [-0.05, 0) is 46.9 Å². The van der Waals surface area contributed by atoms with E-state index >= 15 is 0 Å². The molecule has 1 heterocycles. The molecule has 4 aromatic rings. The van der Waals surface area contributed by atoms with Gasteiger partial charge in [-0.1, -0.05) is 63.2 Å². The standard InChI is InChI=1S/C29H29F3N2O2/c1-28(2,3)22-12-10-20(11-13-22)19-34(27(35)25-9-4-6-21-14-15-33-26(21)25)16-17-36-24-8-5-7-23(18-24)29(30,31)32/h4-15,18,33H,16-17,19H2,1-3H3. The van der Waals surface area contributed by atoms with Crippen molar-refractivity contribution in [2.45, 2.75) is 38.9 Å². The molecule has 7 heteroatoms. The molecule has 0 spiro atoms. The van der Waals surface area contributed by atoms with E-state index in [2.05, 4.69) is 37.9 Å². The smallest absolute Gasteiger partial charge is 0.416 e. The molecule has 188 valence electrons. The molecule has 0 saturated heterocycles. The fraction of sp³-hybridized carbons (Fsp3) is 0.276. The Morgan fingerprint density at radius 2 is 1.64 bits per heavy atom. The number of nitrogens with zero attached hydrogens (tertiary/aromatic N) is 1. The van der Waals surface area contributed by atoms with Crippen molar-refractivity contribution < 1.29 is 22.7 Å². The predicted molar refractivity (Wildman–Crippen MR) is 135 cm³/mol. The Kier molecular flexibility index (Phi) is 7.11. The molecule has 0 unspecified atom stereocenters. The molecule has 4 nitrogen and oxygen atoms in total. The topological polar surface area (TPSA) is 45.3 Å². The van der Waals surface area contributed by atoms with Gasteiger partial charge in [-0.15, -0.1) is 0 Å². The van der Waals surface area contributed by atoms with E-state index in [0.29, 0.717) is 12.1 Å². The molecule has 36 heavy (non-hydrogen) atoms. The minimum absolute atomic E-state index is 0.0100. The zero-order valence-electron chi connectivity index (χ0n) is 20.5. The molecule has 3 aromatic carbocycles. The van der Waals surface area contributed by atoms with Crippen molar-refractivity contribution in [1.82, 2.24) is 9.88 Å². The van der Waals surface area contributed by atoms with E-state index < -0.39 is 11.7 Å². The maximum atomic E-state index is 13.6. The molecule has 0 bridgehead atoms. The van der Waals surface area contributed by atoms with Crippen LogP contribution in [0.4, 0.5) is 13.2 Å². The van der Waals surface area contributed by atoms with Gasteiger partial charge in [0, 0.05) is 18.1 Å². The molecule has 0 saturated carbocycles. The monoisotopic (exact) mass is 494 g/mol. The van der Waals surface area contributed by atoms with Crippen LogP contribution in [-0.4, -0.2) is 28.9 Å². The Morgan fingerprint density at radius 3 is 2.33 bits per heavy atom. The second-order valence-corrected chi connectivity index (χ2v) is 9.80. The largest absolute Gasteiger partial charge is 0.492 e. The summed E-state index contributed by atoms with van der Waals surface area (Å²) in [4.78, 5) is 18.4. The lowest BCUT2D eigenvalue weighted by atomic mass is 9.87. The van der Waals surface area contributed by atoms with E-state index in [9.17, 15) is 18.0 Å². The molecule has 0 aliphatic carbocycles. The van der Waals surface area contributed by atoms with Crippen LogP contribution in [0.5, 0.6) is 5.75 Å². The van der Waals surface area contributed by atoms with Crippen molar-refractivity contribution in [3.05, 3.63) is 101 Å². The van der Waals surface area contributed by atoms with Crippen LogP contribution in [0.15, 0.2) is 79.0 Å². The Bertz CT molecular complexity index is 1340. The number of aromatic nitrogens is 1. The van der Waals surface area contributed by atoms with Crippen molar-refractivity contribution in [3.8, 4) is 5.75 Å². The van der Waals surface area contributed by atoms with Crippen molar-refractivity contribution in [1.29, 1.82) is 0 Å². The van der Waals surface area contributed by atoms with E-state index in [4.69, 9.17) is 4.74 Å². The summed E-state index contributed by atoms with van der Waals surface area (Å²) in [6, 6.07) is 20.3. The minimum Gasteiger partial charge on any atom is -0.492 e. The maximum absolute atomic E-state index is 13.6. The van der Waals surface area contributed by atoms with Crippen LogP contribution in [0.25, 0.3) is 10.9 Å². The molecule has 0 radical (unpaired) electrons. The molecule has 1 aromatic heterocycles. The second kappa shape index (κ2) is 10.1. The molecule has 1 amide bonds. The number of para-hydroxylation sites is 1. The molecule has 0 atom stereocenters. The lowest BCUT2D eigenvalue weighted by molar-refractivity contribution is -0.137. The lowest BCUT2D eigenvalue weighted by Gasteiger charge is -2.24. The van der Waals surface area contributed by atoms with Crippen LogP contribution in [0, 0.1) is 0 Å². The van der Waals surface area contributed by atoms with Gasteiger partial charge in [0.1, 0.15) is 12.4 Å². The normalized spacial score (nSPS) is 12.1. The summed E-state index contributed by atoms with van der Waals surface area (Å²) in [6.07, 6.45) is -2.66. The van der Waals surface area contributed by atoms with E-state index in [1.807, 2.05) is 30.3 Å². The average Bonchev–Trinajstić information content (AvgIpc) is 3.31. The van der Waals surface area contributed by atoms with Crippen molar-refractivity contribution >= 4 is 16.8 Å². The minimum atomic E-state index is -4.45. The Hall–Kier alpha value is -3.74. The summed E-state index contributed by atoms with van der Waals surface area (Å²) < 4.78 is 44.8. The second-order valence-electron chi connectivity index (χ2n) is 9.80. The highest BCUT2D eigenvalue weighted by Crippen LogP contribution is 2.31. The molecule has 1 N–H and O–H groups in total. The first-order chi connectivity index (χ1) is 17.0. The summed E-state index contributed by atoms with van der Waals surface area (Å²) in [7, 11) is 0. The van der Waals surface area contributed by atoms with Gasteiger partial charge in [0.2, 0.25) is 0 Å². The van der Waals surface area contributed by atoms with E-state index in [1.54, 1.807) is 17.2 Å². The van der Waals surface area contributed by atoms with Crippen molar-refractivity contribution in [2.75, 3.05) is 13.2 Å². The van der Waals surface area contributed by atoms with E-state index in [0.717, 1.165) is 28.6 Å². The highest BCUT2D eigenvalue weighted by molar-refractivity contribution is 6.05. The molecular weight excluding hydrogens is 465 g/mol. The number of ether oxygens (including phenoxy) is 1. The van der Waals surface area contributed by atoms with Crippen LogP contribution in [0.1, 0.15) is 47.8 Å². The molecular formula is C29H29F3N2O2. The van der Waals surface area contributed by atoms with Crippen molar-refractivity contribution in [2.24, 2.45) is 0 Å². The third kappa shape index (κ3) is 5.90. The number of rotatable bonds is 7. The van der Waals surface area contributed by atoms with Gasteiger partial charge in [0.05, 0.1) is 23.2 Å². The average molecular weight is 495 g/mol. The highest BCUT2D eigenvalue weighted by Gasteiger charge is 2.30. The molecule has 0 fully saturated rings. The fourth-order valence-corrected chi connectivity index (χ4v) is 4.05. The third-order valence-corrected chi connectivity index (χ3v) is 6.09. The van der Waals surface area contributed by atoms with Crippen LogP contribution in [-0.2, 0) is 18.1 Å². The van der Waals surface area contributed by atoms with Crippen LogP contribution >= 0.6 is 0 Å². The van der Waals surface area contributed by atoms with Gasteiger partial charge in [-0.3, -0.25) is 4.79 Å². The first-order valence-corrected chi connectivity index (χ1v) is 11.8. The summed E-state index contributed by atoms with van der Waals surface area (Å²) in [5.41, 5.74) is 2.65. The number of aromatic amines is 1. The maximum Gasteiger partial charge on any atom is 0.416 e. The third-order valence-electron chi connectivity index (χ3n) is 6.09. The number of amides is 1. The quantitative estimate of drug-likeness (QED) is 0.295. The molecule has 0 aliphatic rings.